The number of carbonyl (C=O) groups excluding carboxylic acids is 1. The molecule has 0 bridgehead atoms. The first-order valence-electron chi connectivity index (χ1n) is 12.3. The fraction of sp³-hybridized carbons (Fsp3) is 0.957. The monoisotopic (exact) mass is 481 g/mol. The second-order valence-corrected chi connectivity index (χ2v) is 10.9. The maximum atomic E-state index is 11.9. The molecule has 0 aromatic heterocycles. The summed E-state index contributed by atoms with van der Waals surface area (Å²) >= 11 is 0. The first-order chi connectivity index (χ1) is 15.1. The molecule has 8 nitrogen and oxygen atoms in total. The normalized spacial score (nSPS) is 14.8. The Kier molecular flexibility index (Phi) is 18.6. The van der Waals surface area contributed by atoms with Crippen LogP contribution in [0.3, 0.4) is 0 Å². The SMILES string of the molecule is CCCCCCCCCCCCCCC(=O)OC[C@H](CO)OP(=O)([O-])OCC[N+](C)(C)C. The van der Waals surface area contributed by atoms with Crippen LogP contribution < -0.4 is 4.89 Å². The van der Waals surface area contributed by atoms with Crippen molar-refractivity contribution in [3.8, 4) is 0 Å². The van der Waals surface area contributed by atoms with Gasteiger partial charge in [-0.3, -0.25) is 9.36 Å². The molecule has 0 aliphatic carbocycles. The van der Waals surface area contributed by atoms with Gasteiger partial charge in [-0.1, -0.05) is 77.6 Å². The minimum Gasteiger partial charge on any atom is -0.756 e. The maximum Gasteiger partial charge on any atom is 0.305 e. The van der Waals surface area contributed by atoms with Crippen LogP contribution in [0.15, 0.2) is 0 Å². The van der Waals surface area contributed by atoms with Crippen LogP contribution in [0.1, 0.15) is 90.4 Å². The van der Waals surface area contributed by atoms with Crippen LogP contribution in [0.2, 0.25) is 0 Å². The van der Waals surface area contributed by atoms with E-state index in [1.807, 2.05) is 21.1 Å². The van der Waals surface area contributed by atoms with Crippen molar-refractivity contribution in [2.75, 3.05) is 47.5 Å². The van der Waals surface area contributed by atoms with Crippen LogP contribution in [0.5, 0.6) is 0 Å². The molecule has 0 rings (SSSR count). The lowest BCUT2D eigenvalue weighted by Crippen LogP contribution is -2.38. The Labute approximate surface area is 195 Å². The summed E-state index contributed by atoms with van der Waals surface area (Å²) < 4.78 is 27.1. The minimum atomic E-state index is -4.57. The predicted octanol–water partition coefficient (Wildman–Crippen LogP) is 4.19. The molecule has 192 valence electrons. The molecule has 0 fully saturated rings. The highest BCUT2D eigenvalue weighted by molar-refractivity contribution is 7.45. The Hall–Kier alpha value is -0.500. The quantitative estimate of drug-likeness (QED) is 0.107. The topological polar surface area (TPSA) is 105 Å². The van der Waals surface area contributed by atoms with Crippen LogP contribution in [0.25, 0.3) is 0 Å². The van der Waals surface area contributed by atoms with Gasteiger partial charge in [-0.05, 0) is 6.42 Å². The van der Waals surface area contributed by atoms with Gasteiger partial charge in [0.1, 0.15) is 25.9 Å². The molecule has 0 saturated carbocycles. The van der Waals surface area contributed by atoms with Crippen molar-refractivity contribution in [3.05, 3.63) is 0 Å². The summed E-state index contributed by atoms with van der Waals surface area (Å²) in [6.45, 7) is 1.78. The molecule has 2 atom stereocenters. The van der Waals surface area contributed by atoms with Crippen molar-refractivity contribution in [2.24, 2.45) is 0 Å². The number of aliphatic hydroxyl groups is 1. The van der Waals surface area contributed by atoms with Gasteiger partial charge in [0.2, 0.25) is 0 Å². The summed E-state index contributed by atoms with van der Waals surface area (Å²) in [6.07, 6.45) is 13.7. The van der Waals surface area contributed by atoms with Gasteiger partial charge in [-0.15, -0.1) is 0 Å². The van der Waals surface area contributed by atoms with Gasteiger partial charge in [0.05, 0.1) is 27.7 Å². The third kappa shape index (κ3) is 21.4. The van der Waals surface area contributed by atoms with E-state index in [4.69, 9.17) is 13.8 Å². The number of hydrogen-bond acceptors (Lipinski definition) is 7. The second kappa shape index (κ2) is 18.9. The smallest absolute Gasteiger partial charge is 0.305 e. The van der Waals surface area contributed by atoms with Crippen LogP contribution in [-0.4, -0.2) is 69.2 Å². The number of quaternary nitrogens is 1. The van der Waals surface area contributed by atoms with Gasteiger partial charge in [-0.2, -0.15) is 0 Å². The molecular weight excluding hydrogens is 433 g/mol. The van der Waals surface area contributed by atoms with Gasteiger partial charge in [0, 0.05) is 6.42 Å². The lowest BCUT2D eigenvalue weighted by atomic mass is 10.0. The summed E-state index contributed by atoms with van der Waals surface area (Å²) in [6, 6.07) is 0. The highest BCUT2D eigenvalue weighted by Crippen LogP contribution is 2.39. The van der Waals surface area contributed by atoms with E-state index in [9.17, 15) is 19.4 Å². The molecule has 0 aliphatic rings. The zero-order chi connectivity index (χ0) is 24.3. The summed E-state index contributed by atoms with van der Waals surface area (Å²) in [5.41, 5.74) is 0. The second-order valence-electron chi connectivity index (χ2n) is 9.53. The minimum absolute atomic E-state index is 0.0266. The Morgan fingerprint density at radius 2 is 1.44 bits per heavy atom. The first kappa shape index (κ1) is 31.5. The van der Waals surface area contributed by atoms with Gasteiger partial charge in [-0.25, -0.2) is 0 Å². The van der Waals surface area contributed by atoms with E-state index >= 15 is 0 Å². The van der Waals surface area contributed by atoms with Gasteiger partial charge < -0.3 is 28.3 Å². The van der Waals surface area contributed by atoms with Crippen LogP contribution in [0, 0.1) is 0 Å². The highest BCUT2D eigenvalue weighted by atomic mass is 31.2. The number of rotatable bonds is 22. The van der Waals surface area contributed by atoms with E-state index in [-0.39, 0.29) is 19.6 Å². The average Bonchev–Trinajstić information content (AvgIpc) is 2.70. The van der Waals surface area contributed by atoms with Crippen LogP contribution in [0.4, 0.5) is 0 Å². The average molecular weight is 482 g/mol. The van der Waals surface area contributed by atoms with Crippen molar-refractivity contribution in [2.45, 2.75) is 96.5 Å². The summed E-state index contributed by atoms with van der Waals surface area (Å²) in [5, 5.41) is 9.31. The van der Waals surface area contributed by atoms with E-state index in [1.54, 1.807) is 0 Å². The Morgan fingerprint density at radius 3 is 1.91 bits per heavy atom. The van der Waals surface area contributed by atoms with Gasteiger partial charge in [0.15, 0.2) is 0 Å². The number of ether oxygens (including phenoxy) is 1. The number of aliphatic hydroxyl groups excluding tert-OH is 1. The maximum absolute atomic E-state index is 11.9. The van der Waals surface area contributed by atoms with Crippen molar-refractivity contribution in [3.63, 3.8) is 0 Å². The molecule has 0 aromatic carbocycles. The van der Waals surface area contributed by atoms with E-state index in [0.717, 1.165) is 19.3 Å². The molecule has 32 heavy (non-hydrogen) atoms. The molecule has 0 aliphatic heterocycles. The van der Waals surface area contributed by atoms with E-state index in [2.05, 4.69) is 6.92 Å². The van der Waals surface area contributed by atoms with E-state index < -0.39 is 26.5 Å². The van der Waals surface area contributed by atoms with Crippen LogP contribution >= 0.6 is 7.82 Å². The first-order valence-corrected chi connectivity index (χ1v) is 13.8. The third-order valence-corrected chi connectivity index (χ3v) is 6.21. The summed E-state index contributed by atoms with van der Waals surface area (Å²) in [7, 11) is 1.16. The number of hydrogen-bond donors (Lipinski definition) is 1. The van der Waals surface area contributed by atoms with Crippen LogP contribution in [-0.2, 0) is 23.1 Å². The zero-order valence-corrected chi connectivity index (χ0v) is 21.8. The Morgan fingerprint density at radius 1 is 0.938 bits per heavy atom. The lowest BCUT2D eigenvalue weighted by Gasteiger charge is -2.29. The Bertz CT molecular complexity index is 511. The number of nitrogens with zero attached hydrogens (tertiary/aromatic N) is 1. The summed E-state index contributed by atoms with van der Waals surface area (Å²) in [4.78, 5) is 23.7. The lowest BCUT2D eigenvalue weighted by molar-refractivity contribution is -0.870. The Balaban J connectivity index is 3.76. The fourth-order valence-corrected chi connectivity index (χ4v) is 3.98. The zero-order valence-electron chi connectivity index (χ0n) is 20.9. The number of carbonyl (C=O) groups is 1. The van der Waals surface area contributed by atoms with Crippen molar-refractivity contribution in [1.82, 2.24) is 0 Å². The third-order valence-electron chi connectivity index (χ3n) is 5.16. The standard InChI is InChI=1S/C23H48NO7P/c1-5-6-7-8-9-10-11-12-13-14-15-16-17-23(26)29-21-22(20-25)31-32(27,28)30-19-18-24(2,3)4/h22,25H,5-21H2,1-4H3/t22-/m0/s1. The highest BCUT2D eigenvalue weighted by Gasteiger charge is 2.20. The number of esters is 1. The molecule has 0 aromatic rings. The summed E-state index contributed by atoms with van der Waals surface area (Å²) in [5.74, 6) is -0.411. The molecule has 0 heterocycles. The molecule has 0 amide bonds. The largest absolute Gasteiger partial charge is 0.756 e. The number of phosphoric acid groups is 1. The van der Waals surface area contributed by atoms with E-state index in [0.29, 0.717) is 11.0 Å². The number of phosphoric ester groups is 1. The molecule has 0 saturated heterocycles. The van der Waals surface area contributed by atoms with Crippen molar-refractivity contribution >= 4 is 13.8 Å². The fourth-order valence-electron chi connectivity index (χ4n) is 3.12. The number of likely N-dealkylation sites (N-methyl/N-ethyl adjacent to an activating group) is 1. The van der Waals surface area contributed by atoms with E-state index in [1.165, 1.54) is 57.8 Å². The molecule has 1 unspecified atom stereocenters. The van der Waals surface area contributed by atoms with Crippen molar-refractivity contribution < 1.29 is 37.6 Å². The van der Waals surface area contributed by atoms with Gasteiger partial charge >= 0.3 is 5.97 Å². The molecular formula is C23H48NO7P. The number of unbranched alkanes of at least 4 members (excludes halogenated alkanes) is 11. The molecule has 1 N–H and O–H groups in total. The molecule has 0 radical (unpaired) electrons. The van der Waals surface area contributed by atoms with Gasteiger partial charge in [0.25, 0.3) is 7.82 Å². The predicted molar refractivity (Wildman–Crippen MR) is 125 cm³/mol. The molecule has 0 spiro atoms. The molecule has 9 heteroatoms. The van der Waals surface area contributed by atoms with Crippen molar-refractivity contribution in [1.29, 1.82) is 0 Å².